The smallest absolute Gasteiger partial charge is 0.200 e. The fraction of sp³-hybridized carbons (Fsp3) is 0.368. The largest absolute Gasteiger partial charge is 0.203 e. The lowest BCUT2D eigenvalue weighted by molar-refractivity contribution is 0.330. The molecule has 1 aromatic carbocycles. The van der Waals surface area contributed by atoms with Crippen molar-refractivity contribution in [1.29, 1.82) is 0 Å². The SMILES string of the molecule is C=C/C=C\C(=C/C)C(C)C(C)C(C)c1c(F)c(F)c(F)c(F)c1F. The summed E-state index contributed by atoms with van der Waals surface area (Å²) in [6.45, 7) is 10.4. The molecule has 0 spiro atoms. The fourth-order valence-corrected chi connectivity index (χ4v) is 2.71. The van der Waals surface area contributed by atoms with Crippen LogP contribution in [0.15, 0.2) is 36.5 Å². The molecule has 0 radical (unpaired) electrons. The summed E-state index contributed by atoms with van der Waals surface area (Å²) in [5.41, 5.74) is 0.118. The van der Waals surface area contributed by atoms with Crippen LogP contribution in [0, 0.1) is 40.9 Å². The van der Waals surface area contributed by atoms with Gasteiger partial charge in [0.25, 0.3) is 0 Å². The highest BCUT2D eigenvalue weighted by atomic mass is 19.2. The second kappa shape index (κ2) is 8.27. The van der Waals surface area contributed by atoms with Crippen LogP contribution in [0.5, 0.6) is 0 Å². The molecule has 0 nitrogen and oxygen atoms in total. The molecule has 0 amide bonds. The quantitative estimate of drug-likeness (QED) is 0.241. The molecular formula is C19H21F5. The van der Waals surface area contributed by atoms with Crippen molar-refractivity contribution in [1.82, 2.24) is 0 Å². The van der Waals surface area contributed by atoms with Gasteiger partial charge in [-0.15, -0.1) is 0 Å². The predicted octanol–water partition coefficient (Wildman–Crippen LogP) is 6.45. The Balaban J connectivity index is 3.30. The number of benzene rings is 1. The zero-order chi connectivity index (χ0) is 18.6. The van der Waals surface area contributed by atoms with Crippen LogP contribution < -0.4 is 0 Å². The van der Waals surface area contributed by atoms with Crippen molar-refractivity contribution in [3.8, 4) is 0 Å². The van der Waals surface area contributed by atoms with Crippen LogP contribution in [0.2, 0.25) is 0 Å². The van der Waals surface area contributed by atoms with Crippen molar-refractivity contribution >= 4 is 0 Å². The fourth-order valence-electron chi connectivity index (χ4n) is 2.71. The predicted molar refractivity (Wildman–Crippen MR) is 86.1 cm³/mol. The van der Waals surface area contributed by atoms with Crippen LogP contribution in [-0.4, -0.2) is 0 Å². The standard InChI is InChI=1S/C19H21F5/c1-6-8-9-13(7-2)11(4)10(3)12(5)14-15(20)17(22)19(24)18(23)16(14)21/h6-12H,1H2,2-5H3/b9-8-,13-7+. The van der Waals surface area contributed by atoms with Crippen molar-refractivity contribution in [2.75, 3.05) is 0 Å². The Kier molecular flexibility index (Phi) is 6.93. The first kappa shape index (κ1) is 20.1. The molecule has 24 heavy (non-hydrogen) atoms. The monoisotopic (exact) mass is 344 g/mol. The summed E-state index contributed by atoms with van der Waals surface area (Å²) in [7, 11) is 0. The molecule has 132 valence electrons. The molecule has 3 atom stereocenters. The minimum atomic E-state index is -2.13. The summed E-state index contributed by atoms with van der Waals surface area (Å²) < 4.78 is 68.0. The van der Waals surface area contributed by atoms with E-state index in [1.54, 1.807) is 25.2 Å². The molecule has 0 aromatic heterocycles. The van der Waals surface area contributed by atoms with Crippen LogP contribution >= 0.6 is 0 Å². The second-order valence-corrected chi connectivity index (χ2v) is 5.80. The highest BCUT2D eigenvalue weighted by Crippen LogP contribution is 2.38. The third kappa shape index (κ3) is 3.77. The molecule has 1 rings (SSSR count). The molecular weight excluding hydrogens is 323 g/mol. The Bertz CT molecular complexity index is 644. The van der Waals surface area contributed by atoms with Gasteiger partial charge in [-0.3, -0.25) is 0 Å². The van der Waals surface area contributed by atoms with Gasteiger partial charge in [-0.2, -0.15) is 0 Å². The molecule has 0 aliphatic heterocycles. The van der Waals surface area contributed by atoms with Gasteiger partial charge < -0.3 is 0 Å². The van der Waals surface area contributed by atoms with Gasteiger partial charge in [-0.05, 0) is 30.3 Å². The molecule has 0 fully saturated rings. The van der Waals surface area contributed by atoms with E-state index in [1.165, 1.54) is 6.92 Å². The van der Waals surface area contributed by atoms with Crippen molar-refractivity contribution in [3.63, 3.8) is 0 Å². The van der Waals surface area contributed by atoms with E-state index in [1.807, 2.05) is 19.9 Å². The maximum absolute atomic E-state index is 14.0. The Labute approximate surface area is 139 Å². The van der Waals surface area contributed by atoms with Crippen LogP contribution in [0.3, 0.4) is 0 Å². The van der Waals surface area contributed by atoms with E-state index in [-0.39, 0.29) is 11.8 Å². The first-order chi connectivity index (χ1) is 11.2. The summed E-state index contributed by atoms with van der Waals surface area (Å²) >= 11 is 0. The molecule has 0 saturated carbocycles. The lowest BCUT2D eigenvalue weighted by Crippen LogP contribution is -2.20. The molecule has 1 aromatic rings. The number of allylic oxidation sites excluding steroid dienone is 5. The zero-order valence-corrected chi connectivity index (χ0v) is 14.1. The molecule has 0 N–H and O–H groups in total. The molecule has 0 saturated heterocycles. The highest BCUT2D eigenvalue weighted by Gasteiger charge is 2.32. The summed E-state index contributed by atoms with van der Waals surface area (Å²) in [6.07, 6.45) is 6.96. The second-order valence-electron chi connectivity index (χ2n) is 5.80. The Morgan fingerprint density at radius 3 is 1.75 bits per heavy atom. The molecule has 0 aliphatic carbocycles. The van der Waals surface area contributed by atoms with E-state index >= 15 is 0 Å². The first-order valence-electron chi connectivity index (χ1n) is 7.65. The highest BCUT2D eigenvalue weighted by molar-refractivity contribution is 5.30. The summed E-state index contributed by atoms with van der Waals surface area (Å²) in [6, 6.07) is 0. The van der Waals surface area contributed by atoms with Gasteiger partial charge in [0, 0.05) is 5.56 Å². The lowest BCUT2D eigenvalue weighted by Gasteiger charge is -2.28. The third-order valence-corrected chi connectivity index (χ3v) is 4.56. The van der Waals surface area contributed by atoms with Crippen molar-refractivity contribution in [3.05, 3.63) is 71.1 Å². The molecule has 0 aliphatic rings. The molecule has 3 unspecified atom stereocenters. The van der Waals surface area contributed by atoms with Crippen LogP contribution in [0.4, 0.5) is 22.0 Å². The van der Waals surface area contributed by atoms with Gasteiger partial charge in [0.2, 0.25) is 5.82 Å². The third-order valence-electron chi connectivity index (χ3n) is 4.56. The minimum Gasteiger partial charge on any atom is -0.203 e. The average molecular weight is 344 g/mol. The molecule has 0 bridgehead atoms. The zero-order valence-electron chi connectivity index (χ0n) is 14.1. The topological polar surface area (TPSA) is 0 Å². The van der Waals surface area contributed by atoms with Crippen LogP contribution in [0.1, 0.15) is 39.2 Å². The van der Waals surface area contributed by atoms with E-state index in [0.29, 0.717) is 0 Å². The number of hydrogen-bond acceptors (Lipinski definition) is 0. The maximum Gasteiger partial charge on any atom is 0.200 e. The van der Waals surface area contributed by atoms with E-state index in [2.05, 4.69) is 6.58 Å². The summed E-state index contributed by atoms with van der Waals surface area (Å²) in [5, 5.41) is 0. The minimum absolute atomic E-state index is 0.156. The van der Waals surface area contributed by atoms with Crippen LogP contribution in [-0.2, 0) is 0 Å². The summed E-state index contributed by atoms with van der Waals surface area (Å²) in [5.74, 6) is -10.9. The van der Waals surface area contributed by atoms with E-state index < -0.39 is 40.6 Å². The van der Waals surface area contributed by atoms with Gasteiger partial charge in [0.15, 0.2) is 23.3 Å². The Hall–Kier alpha value is -1.91. The van der Waals surface area contributed by atoms with Gasteiger partial charge in [0.1, 0.15) is 0 Å². The summed E-state index contributed by atoms with van der Waals surface area (Å²) in [4.78, 5) is 0. The van der Waals surface area contributed by atoms with Gasteiger partial charge >= 0.3 is 0 Å². The van der Waals surface area contributed by atoms with Gasteiger partial charge in [0.05, 0.1) is 0 Å². The Morgan fingerprint density at radius 1 is 0.875 bits per heavy atom. The van der Waals surface area contributed by atoms with Crippen molar-refractivity contribution in [2.45, 2.75) is 33.6 Å². The number of hydrogen-bond donors (Lipinski definition) is 0. The van der Waals surface area contributed by atoms with Gasteiger partial charge in [-0.25, -0.2) is 22.0 Å². The van der Waals surface area contributed by atoms with Gasteiger partial charge in [-0.1, -0.05) is 51.7 Å². The molecule has 5 heteroatoms. The van der Waals surface area contributed by atoms with Crippen LogP contribution in [0.25, 0.3) is 0 Å². The van der Waals surface area contributed by atoms with E-state index in [9.17, 15) is 22.0 Å². The number of rotatable bonds is 6. The Morgan fingerprint density at radius 2 is 1.33 bits per heavy atom. The van der Waals surface area contributed by atoms with Crippen molar-refractivity contribution in [2.24, 2.45) is 11.8 Å². The van der Waals surface area contributed by atoms with E-state index in [4.69, 9.17) is 0 Å². The maximum atomic E-state index is 14.0. The first-order valence-corrected chi connectivity index (χ1v) is 7.65. The average Bonchev–Trinajstić information content (AvgIpc) is 2.57. The van der Waals surface area contributed by atoms with E-state index in [0.717, 1.165) is 5.57 Å². The molecule has 0 heterocycles. The van der Waals surface area contributed by atoms with Crippen molar-refractivity contribution < 1.29 is 22.0 Å². The normalized spacial score (nSPS) is 16.3. The lowest BCUT2D eigenvalue weighted by atomic mass is 9.77. The number of halogens is 5.